The molecule has 1 amide bonds. The molecule has 1 aromatic heterocycles. The summed E-state index contributed by atoms with van der Waals surface area (Å²) in [7, 11) is 0. The van der Waals surface area contributed by atoms with E-state index >= 15 is 0 Å². The summed E-state index contributed by atoms with van der Waals surface area (Å²) in [6.45, 7) is 6.95. The standard InChI is InChI=1S/C11H19N5O2/c1-11(2,3)18-10(17)15-6-4-9(5-7-15)16-13-8-12-14-16/h8-9H,4-7H2,1-3H3. The number of amides is 1. The molecule has 0 radical (unpaired) electrons. The molecule has 0 spiro atoms. The van der Waals surface area contributed by atoms with Gasteiger partial charge >= 0.3 is 6.09 Å². The molecule has 1 saturated heterocycles. The maximum atomic E-state index is 11.9. The average molecular weight is 253 g/mol. The van der Waals surface area contributed by atoms with Crippen molar-refractivity contribution < 1.29 is 9.53 Å². The third-order valence-corrected chi connectivity index (χ3v) is 2.81. The van der Waals surface area contributed by atoms with Crippen molar-refractivity contribution in [2.75, 3.05) is 13.1 Å². The highest BCUT2D eigenvalue weighted by atomic mass is 16.6. The fourth-order valence-corrected chi connectivity index (χ4v) is 1.95. The van der Waals surface area contributed by atoms with E-state index in [1.54, 1.807) is 9.70 Å². The normalized spacial score (nSPS) is 17.8. The molecule has 100 valence electrons. The number of ether oxygens (including phenoxy) is 1. The Morgan fingerprint density at radius 2 is 2.00 bits per heavy atom. The summed E-state index contributed by atoms with van der Waals surface area (Å²) in [6, 6.07) is 0.228. The van der Waals surface area contributed by atoms with Gasteiger partial charge in [0.1, 0.15) is 5.60 Å². The number of tetrazole rings is 1. The highest BCUT2D eigenvalue weighted by molar-refractivity contribution is 5.68. The lowest BCUT2D eigenvalue weighted by Gasteiger charge is -2.32. The van der Waals surface area contributed by atoms with E-state index in [0.29, 0.717) is 13.1 Å². The topological polar surface area (TPSA) is 73.1 Å². The van der Waals surface area contributed by atoms with Crippen LogP contribution in [0.4, 0.5) is 4.79 Å². The molecule has 0 saturated carbocycles. The second-order valence-corrected chi connectivity index (χ2v) is 5.45. The Morgan fingerprint density at radius 1 is 1.33 bits per heavy atom. The van der Waals surface area contributed by atoms with Crippen molar-refractivity contribution in [1.29, 1.82) is 0 Å². The van der Waals surface area contributed by atoms with Gasteiger partial charge < -0.3 is 9.64 Å². The van der Waals surface area contributed by atoms with Crippen LogP contribution in [0.25, 0.3) is 0 Å². The molecule has 7 nitrogen and oxygen atoms in total. The van der Waals surface area contributed by atoms with Gasteiger partial charge in [0.25, 0.3) is 0 Å². The number of hydrogen-bond acceptors (Lipinski definition) is 5. The van der Waals surface area contributed by atoms with Gasteiger partial charge in [0.05, 0.1) is 6.04 Å². The van der Waals surface area contributed by atoms with Crippen molar-refractivity contribution in [3.8, 4) is 0 Å². The lowest BCUT2D eigenvalue weighted by molar-refractivity contribution is 0.0179. The molecule has 0 aliphatic carbocycles. The first-order chi connectivity index (χ1) is 8.46. The number of carbonyl (C=O) groups is 1. The van der Waals surface area contributed by atoms with Crippen LogP contribution in [-0.2, 0) is 4.74 Å². The second-order valence-electron chi connectivity index (χ2n) is 5.45. The van der Waals surface area contributed by atoms with Crippen molar-refractivity contribution >= 4 is 6.09 Å². The predicted molar refractivity (Wildman–Crippen MR) is 63.9 cm³/mol. The average Bonchev–Trinajstić information content (AvgIpc) is 2.80. The number of likely N-dealkylation sites (tertiary alicyclic amines) is 1. The first kappa shape index (κ1) is 12.8. The lowest BCUT2D eigenvalue weighted by atomic mass is 10.1. The molecule has 2 rings (SSSR count). The van der Waals surface area contributed by atoms with Crippen LogP contribution in [0.5, 0.6) is 0 Å². The fraction of sp³-hybridized carbons (Fsp3) is 0.818. The van der Waals surface area contributed by atoms with E-state index < -0.39 is 5.60 Å². The van der Waals surface area contributed by atoms with Crippen molar-refractivity contribution in [2.24, 2.45) is 0 Å². The van der Waals surface area contributed by atoms with Crippen LogP contribution < -0.4 is 0 Å². The minimum atomic E-state index is -0.443. The number of nitrogens with zero attached hydrogens (tertiary/aromatic N) is 5. The maximum absolute atomic E-state index is 11.9. The van der Waals surface area contributed by atoms with Crippen LogP contribution in [-0.4, -0.2) is 49.9 Å². The van der Waals surface area contributed by atoms with Crippen molar-refractivity contribution in [2.45, 2.75) is 45.3 Å². The van der Waals surface area contributed by atoms with Crippen LogP contribution in [0.3, 0.4) is 0 Å². The first-order valence-electron chi connectivity index (χ1n) is 6.16. The number of rotatable bonds is 1. The second kappa shape index (κ2) is 4.91. The molecule has 7 heteroatoms. The number of piperidine rings is 1. The maximum Gasteiger partial charge on any atom is 0.410 e. The van der Waals surface area contributed by atoms with E-state index in [4.69, 9.17) is 4.74 Å². The Bertz CT molecular complexity index is 390. The molecular weight excluding hydrogens is 234 g/mol. The van der Waals surface area contributed by atoms with E-state index in [2.05, 4.69) is 15.4 Å². The fourth-order valence-electron chi connectivity index (χ4n) is 1.95. The molecule has 1 aliphatic heterocycles. The van der Waals surface area contributed by atoms with Crippen LogP contribution in [0.15, 0.2) is 6.33 Å². The molecular formula is C11H19N5O2. The Kier molecular flexibility index (Phi) is 3.49. The summed E-state index contributed by atoms with van der Waals surface area (Å²) < 4.78 is 5.34. The summed E-state index contributed by atoms with van der Waals surface area (Å²) in [5.74, 6) is 0. The quantitative estimate of drug-likeness (QED) is 0.753. The zero-order valence-corrected chi connectivity index (χ0v) is 11.0. The molecule has 0 aromatic carbocycles. The zero-order valence-electron chi connectivity index (χ0n) is 11.0. The smallest absolute Gasteiger partial charge is 0.410 e. The number of aromatic nitrogens is 4. The Hall–Kier alpha value is -1.66. The van der Waals surface area contributed by atoms with Crippen LogP contribution in [0.1, 0.15) is 39.7 Å². The minimum absolute atomic E-state index is 0.228. The Labute approximate surface area is 106 Å². The number of hydrogen-bond donors (Lipinski definition) is 0. The molecule has 1 aliphatic rings. The zero-order chi connectivity index (χ0) is 13.2. The van der Waals surface area contributed by atoms with Crippen LogP contribution in [0.2, 0.25) is 0 Å². The van der Waals surface area contributed by atoms with E-state index in [1.165, 1.54) is 6.33 Å². The van der Waals surface area contributed by atoms with E-state index in [-0.39, 0.29) is 12.1 Å². The van der Waals surface area contributed by atoms with E-state index in [1.807, 2.05) is 20.8 Å². The molecule has 0 bridgehead atoms. The molecule has 2 heterocycles. The molecule has 18 heavy (non-hydrogen) atoms. The highest BCUT2D eigenvalue weighted by Gasteiger charge is 2.28. The van der Waals surface area contributed by atoms with Crippen LogP contribution in [0, 0.1) is 0 Å². The largest absolute Gasteiger partial charge is 0.444 e. The van der Waals surface area contributed by atoms with Gasteiger partial charge in [0.15, 0.2) is 6.33 Å². The molecule has 0 atom stereocenters. The summed E-state index contributed by atoms with van der Waals surface area (Å²) >= 11 is 0. The third-order valence-electron chi connectivity index (χ3n) is 2.81. The van der Waals surface area contributed by atoms with Gasteiger partial charge in [-0.15, -0.1) is 10.2 Å². The van der Waals surface area contributed by atoms with E-state index in [9.17, 15) is 4.79 Å². The Morgan fingerprint density at radius 3 is 2.50 bits per heavy atom. The van der Waals surface area contributed by atoms with Gasteiger partial charge in [0, 0.05) is 13.1 Å². The van der Waals surface area contributed by atoms with Crippen LogP contribution >= 0.6 is 0 Å². The Balaban J connectivity index is 1.85. The van der Waals surface area contributed by atoms with Gasteiger partial charge in [-0.25, -0.2) is 4.79 Å². The predicted octanol–water partition coefficient (Wildman–Crippen LogP) is 1.25. The SMILES string of the molecule is CC(C)(C)OC(=O)N1CCC(n2ncnn2)CC1. The summed E-state index contributed by atoms with van der Waals surface area (Å²) in [4.78, 5) is 15.2. The first-order valence-corrected chi connectivity index (χ1v) is 6.16. The lowest BCUT2D eigenvalue weighted by Crippen LogP contribution is -2.42. The van der Waals surface area contributed by atoms with Gasteiger partial charge in [-0.05, 0) is 38.8 Å². The number of carbonyl (C=O) groups excluding carboxylic acids is 1. The third kappa shape index (κ3) is 3.18. The molecule has 1 fully saturated rings. The van der Waals surface area contributed by atoms with Crippen molar-refractivity contribution in [1.82, 2.24) is 25.1 Å². The van der Waals surface area contributed by atoms with Gasteiger partial charge in [-0.1, -0.05) is 0 Å². The summed E-state index contributed by atoms with van der Waals surface area (Å²) in [6.07, 6.45) is 2.85. The molecule has 1 aromatic rings. The van der Waals surface area contributed by atoms with Crippen molar-refractivity contribution in [3.63, 3.8) is 0 Å². The molecule has 0 N–H and O–H groups in total. The minimum Gasteiger partial charge on any atom is -0.444 e. The monoisotopic (exact) mass is 253 g/mol. The highest BCUT2D eigenvalue weighted by Crippen LogP contribution is 2.21. The summed E-state index contributed by atoms with van der Waals surface area (Å²) in [5, 5.41) is 11.6. The van der Waals surface area contributed by atoms with Crippen molar-refractivity contribution in [3.05, 3.63) is 6.33 Å². The van der Waals surface area contributed by atoms with Gasteiger partial charge in [0.2, 0.25) is 0 Å². The summed E-state index contributed by atoms with van der Waals surface area (Å²) in [5.41, 5.74) is -0.443. The van der Waals surface area contributed by atoms with E-state index in [0.717, 1.165) is 12.8 Å². The molecule has 0 unspecified atom stereocenters. The van der Waals surface area contributed by atoms with Gasteiger partial charge in [-0.2, -0.15) is 4.80 Å². The van der Waals surface area contributed by atoms with Gasteiger partial charge in [-0.3, -0.25) is 0 Å².